The van der Waals surface area contributed by atoms with Crippen LogP contribution in [0.15, 0.2) is 54.6 Å². The van der Waals surface area contributed by atoms with Crippen molar-refractivity contribution in [1.29, 1.82) is 0 Å². The van der Waals surface area contributed by atoms with E-state index in [1.54, 1.807) is 35.0 Å². The van der Waals surface area contributed by atoms with E-state index in [1.807, 2.05) is 38.1 Å². The molecule has 1 saturated heterocycles. The lowest BCUT2D eigenvalue weighted by Crippen LogP contribution is -2.16. The standard InChI is InChI=1S/C23H25N3O4S/c1-3-30-20-10-8-18(9-11-20)24-23(27)21-14-22(17-6-4-16(2)5-7-17)26(25-21)19-12-13-31(28,29)15-19/h4-11,14,19H,3,12-13,15H2,1-2H3,(H,24,27)/t19-/m0/s1. The third-order valence-corrected chi connectivity index (χ3v) is 7.04. The van der Waals surface area contributed by atoms with Crippen LogP contribution in [-0.4, -0.2) is 42.2 Å². The lowest BCUT2D eigenvalue weighted by atomic mass is 10.1. The number of rotatable bonds is 6. The predicted octanol–water partition coefficient (Wildman–Crippen LogP) is 3.87. The van der Waals surface area contributed by atoms with Crippen molar-refractivity contribution in [1.82, 2.24) is 9.78 Å². The number of nitrogens with zero attached hydrogens (tertiary/aromatic N) is 2. The molecule has 0 radical (unpaired) electrons. The number of ether oxygens (including phenoxy) is 1. The Kier molecular flexibility index (Phi) is 5.82. The van der Waals surface area contributed by atoms with E-state index in [1.165, 1.54) is 0 Å². The normalized spacial score (nSPS) is 17.4. The van der Waals surface area contributed by atoms with Crippen molar-refractivity contribution < 1.29 is 17.9 Å². The second-order valence-electron chi connectivity index (χ2n) is 7.69. The minimum atomic E-state index is -3.09. The van der Waals surface area contributed by atoms with Gasteiger partial charge in [-0.25, -0.2) is 8.42 Å². The van der Waals surface area contributed by atoms with E-state index in [0.717, 1.165) is 22.6 Å². The molecule has 1 amide bonds. The van der Waals surface area contributed by atoms with E-state index in [0.29, 0.717) is 18.7 Å². The maximum absolute atomic E-state index is 12.9. The van der Waals surface area contributed by atoms with Gasteiger partial charge in [-0.1, -0.05) is 29.8 Å². The number of aromatic nitrogens is 2. The van der Waals surface area contributed by atoms with Crippen molar-refractivity contribution in [3.63, 3.8) is 0 Å². The highest BCUT2D eigenvalue weighted by molar-refractivity contribution is 7.91. The largest absolute Gasteiger partial charge is 0.494 e. The summed E-state index contributed by atoms with van der Waals surface area (Å²) in [5.41, 5.74) is 3.62. The molecule has 8 heteroatoms. The Hall–Kier alpha value is -3.13. The summed E-state index contributed by atoms with van der Waals surface area (Å²) in [6.45, 7) is 4.48. The minimum Gasteiger partial charge on any atom is -0.494 e. The fraction of sp³-hybridized carbons (Fsp3) is 0.304. The second-order valence-corrected chi connectivity index (χ2v) is 9.92. The van der Waals surface area contributed by atoms with Crippen LogP contribution >= 0.6 is 0 Å². The van der Waals surface area contributed by atoms with E-state index in [2.05, 4.69) is 10.4 Å². The Morgan fingerprint density at radius 2 is 1.87 bits per heavy atom. The van der Waals surface area contributed by atoms with Crippen LogP contribution in [0.5, 0.6) is 5.75 Å². The molecule has 0 bridgehead atoms. The van der Waals surface area contributed by atoms with Gasteiger partial charge in [0.2, 0.25) is 0 Å². The smallest absolute Gasteiger partial charge is 0.276 e. The third-order valence-electron chi connectivity index (χ3n) is 5.29. The van der Waals surface area contributed by atoms with Gasteiger partial charge in [-0.05, 0) is 56.2 Å². The second kappa shape index (κ2) is 8.55. The van der Waals surface area contributed by atoms with E-state index in [-0.39, 0.29) is 29.1 Å². The fourth-order valence-electron chi connectivity index (χ4n) is 3.69. The van der Waals surface area contributed by atoms with Gasteiger partial charge in [-0.2, -0.15) is 5.10 Å². The highest BCUT2D eigenvalue weighted by atomic mass is 32.2. The molecular weight excluding hydrogens is 414 g/mol. The number of hydrogen-bond donors (Lipinski definition) is 1. The molecule has 1 aliphatic rings. The molecule has 1 atom stereocenters. The molecule has 0 unspecified atom stereocenters. The molecule has 1 N–H and O–H groups in total. The average molecular weight is 440 g/mol. The summed E-state index contributed by atoms with van der Waals surface area (Å²) in [6.07, 6.45) is 0.489. The Labute approximate surface area is 182 Å². The predicted molar refractivity (Wildman–Crippen MR) is 120 cm³/mol. The maximum atomic E-state index is 12.9. The first-order chi connectivity index (χ1) is 14.8. The lowest BCUT2D eigenvalue weighted by molar-refractivity contribution is 0.102. The van der Waals surface area contributed by atoms with Crippen LogP contribution in [0.1, 0.15) is 35.4 Å². The molecule has 162 valence electrons. The molecule has 3 aromatic rings. The summed E-state index contributed by atoms with van der Waals surface area (Å²) in [4.78, 5) is 12.9. The van der Waals surface area contributed by atoms with Crippen molar-refractivity contribution in [2.75, 3.05) is 23.4 Å². The number of carbonyl (C=O) groups excluding carboxylic acids is 1. The lowest BCUT2D eigenvalue weighted by Gasteiger charge is -2.13. The van der Waals surface area contributed by atoms with Crippen molar-refractivity contribution in [2.45, 2.75) is 26.3 Å². The van der Waals surface area contributed by atoms with Crippen molar-refractivity contribution >= 4 is 21.4 Å². The van der Waals surface area contributed by atoms with Gasteiger partial charge in [-0.3, -0.25) is 9.48 Å². The number of hydrogen-bond acceptors (Lipinski definition) is 5. The fourth-order valence-corrected chi connectivity index (χ4v) is 5.38. The van der Waals surface area contributed by atoms with Crippen LogP contribution in [0.3, 0.4) is 0 Å². The Morgan fingerprint density at radius 3 is 2.48 bits per heavy atom. The van der Waals surface area contributed by atoms with Gasteiger partial charge >= 0.3 is 0 Å². The van der Waals surface area contributed by atoms with Gasteiger partial charge in [0.25, 0.3) is 5.91 Å². The highest BCUT2D eigenvalue weighted by Gasteiger charge is 2.32. The van der Waals surface area contributed by atoms with Gasteiger partial charge in [-0.15, -0.1) is 0 Å². The number of amides is 1. The van der Waals surface area contributed by atoms with Gasteiger partial charge in [0.15, 0.2) is 15.5 Å². The molecule has 0 saturated carbocycles. The van der Waals surface area contributed by atoms with Gasteiger partial charge in [0.05, 0.1) is 29.8 Å². The molecule has 1 fully saturated rings. The van der Waals surface area contributed by atoms with Crippen LogP contribution in [0.2, 0.25) is 0 Å². The summed E-state index contributed by atoms with van der Waals surface area (Å²) >= 11 is 0. The third kappa shape index (κ3) is 4.80. The number of benzene rings is 2. The Balaban J connectivity index is 1.64. The zero-order chi connectivity index (χ0) is 22.0. The summed E-state index contributed by atoms with van der Waals surface area (Å²) in [5.74, 6) is 0.553. The SMILES string of the molecule is CCOc1ccc(NC(=O)c2cc(-c3ccc(C)cc3)n([C@H]3CCS(=O)(=O)C3)n2)cc1. The molecule has 7 nitrogen and oxygen atoms in total. The van der Waals surface area contributed by atoms with Crippen molar-refractivity contribution in [3.05, 3.63) is 65.9 Å². The minimum absolute atomic E-state index is 0.0352. The first-order valence-electron chi connectivity index (χ1n) is 10.3. The summed E-state index contributed by atoms with van der Waals surface area (Å²) in [5, 5.41) is 7.36. The van der Waals surface area contributed by atoms with Crippen molar-refractivity contribution in [2.24, 2.45) is 0 Å². The monoisotopic (exact) mass is 439 g/mol. The quantitative estimate of drug-likeness (QED) is 0.630. The van der Waals surface area contributed by atoms with Crippen LogP contribution < -0.4 is 10.1 Å². The van der Waals surface area contributed by atoms with Gasteiger partial charge in [0.1, 0.15) is 5.75 Å². The molecule has 0 aliphatic carbocycles. The zero-order valence-electron chi connectivity index (χ0n) is 17.5. The van der Waals surface area contributed by atoms with E-state index < -0.39 is 9.84 Å². The number of aryl methyl sites for hydroxylation is 1. The molecule has 1 aromatic heterocycles. The average Bonchev–Trinajstić information content (AvgIpc) is 3.34. The van der Waals surface area contributed by atoms with Crippen LogP contribution in [-0.2, 0) is 9.84 Å². The number of carbonyl (C=O) groups is 1. The summed E-state index contributed by atoms with van der Waals surface area (Å²) in [7, 11) is -3.09. The van der Waals surface area contributed by atoms with Crippen LogP contribution in [0.4, 0.5) is 5.69 Å². The first kappa shape index (κ1) is 21.1. The molecule has 0 spiro atoms. The first-order valence-corrected chi connectivity index (χ1v) is 12.1. The topological polar surface area (TPSA) is 90.3 Å². The molecular formula is C23H25N3O4S. The maximum Gasteiger partial charge on any atom is 0.276 e. The van der Waals surface area contributed by atoms with Gasteiger partial charge < -0.3 is 10.1 Å². The Morgan fingerprint density at radius 1 is 1.16 bits per heavy atom. The molecule has 4 rings (SSSR count). The van der Waals surface area contributed by atoms with E-state index >= 15 is 0 Å². The Bertz CT molecular complexity index is 1180. The summed E-state index contributed by atoms with van der Waals surface area (Å²) < 4.78 is 31.2. The molecule has 2 aromatic carbocycles. The zero-order valence-corrected chi connectivity index (χ0v) is 18.4. The number of sulfone groups is 1. The van der Waals surface area contributed by atoms with Gasteiger partial charge in [0, 0.05) is 5.69 Å². The van der Waals surface area contributed by atoms with Crippen molar-refractivity contribution in [3.8, 4) is 17.0 Å². The number of anilines is 1. The molecule has 2 heterocycles. The van der Waals surface area contributed by atoms with Crippen LogP contribution in [0.25, 0.3) is 11.3 Å². The van der Waals surface area contributed by atoms with Crippen LogP contribution in [0, 0.1) is 6.92 Å². The van der Waals surface area contributed by atoms with E-state index in [4.69, 9.17) is 4.74 Å². The molecule has 1 aliphatic heterocycles. The number of nitrogens with one attached hydrogen (secondary N) is 1. The van der Waals surface area contributed by atoms with E-state index in [9.17, 15) is 13.2 Å². The highest BCUT2D eigenvalue weighted by Crippen LogP contribution is 2.30. The summed E-state index contributed by atoms with van der Waals surface area (Å²) in [6, 6.07) is 16.4. The molecule has 31 heavy (non-hydrogen) atoms.